The summed E-state index contributed by atoms with van der Waals surface area (Å²) >= 11 is 0. The predicted octanol–water partition coefficient (Wildman–Crippen LogP) is 2.80. The zero-order valence-corrected chi connectivity index (χ0v) is 10.7. The molecule has 0 atom stereocenters. The van der Waals surface area contributed by atoms with Crippen molar-refractivity contribution in [1.82, 2.24) is 4.98 Å². The van der Waals surface area contributed by atoms with Gasteiger partial charge >= 0.3 is 5.97 Å². The van der Waals surface area contributed by atoms with Crippen LogP contribution in [0.15, 0.2) is 48.2 Å². The fourth-order valence-electron chi connectivity index (χ4n) is 2.28. The third-order valence-electron chi connectivity index (χ3n) is 3.23. The first kappa shape index (κ1) is 12.4. The Hall–Kier alpha value is -2.62. The molecule has 100 valence electrons. The molecule has 0 saturated carbocycles. The summed E-state index contributed by atoms with van der Waals surface area (Å²) in [4.78, 5) is 15.4. The second-order valence-corrected chi connectivity index (χ2v) is 4.61. The van der Waals surface area contributed by atoms with E-state index in [1.54, 1.807) is 0 Å². The first-order valence-electron chi connectivity index (χ1n) is 6.32. The number of nitrogens with zero attached hydrogens (tertiary/aromatic N) is 1. The van der Waals surface area contributed by atoms with Crippen LogP contribution in [0.2, 0.25) is 0 Å². The monoisotopic (exact) mass is 267 g/mol. The average molecular weight is 267 g/mol. The average Bonchev–Trinajstić information content (AvgIpc) is 2.88. The number of carboxylic acids is 1. The van der Waals surface area contributed by atoms with Crippen molar-refractivity contribution in [3.05, 3.63) is 65.0 Å². The second kappa shape index (κ2) is 5.17. The van der Waals surface area contributed by atoms with Gasteiger partial charge < -0.3 is 9.84 Å². The third kappa shape index (κ3) is 2.40. The number of benzene rings is 1. The van der Waals surface area contributed by atoms with Crippen LogP contribution in [-0.2, 0) is 6.42 Å². The van der Waals surface area contributed by atoms with Crippen molar-refractivity contribution in [2.45, 2.75) is 6.42 Å². The Kier molecular flexibility index (Phi) is 3.21. The minimum absolute atomic E-state index is 0.320. The Labute approximate surface area is 116 Å². The Morgan fingerprint density at radius 3 is 2.80 bits per heavy atom. The van der Waals surface area contributed by atoms with E-state index in [9.17, 15) is 4.79 Å². The predicted molar refractivity (Wildman–Crippen MR) is 74.8 cm³/mol. The molecule has 0 amide bonds. The standard InChI is InChI=1S/C16H13NO3/c18-16(19)13-6-7-17-15-9-11(8-14(13)15)10-20-12-4-2-1-3-5-12/h1-7,9H,8,10H2,(H,18,19). The zero-order chi connectivity index (χ0) is 13.9. The summed E-state index contributed by atoms with van der Waals surface area (Å²) in [7, 11) is 0. The number of hydrogen-bond donors (Lipinski definition) is 1. The lowest BCUT2D eigenvalue weighted by molar-refractivity contribution is 0.0695. The van der Waals surface area contributed by atoms with Crippen molar-refractivity contribution >= 4 is 12.0 Å². The summed E-state index contributed by atoms with van der Waals surface area (Å²) in [5.74, 6) is -0.113. The molecular formula is C16H13NO3. The zero-order valence-electron chi connectivity index (χ0n) is 10.7. The van der Waals surface area contributed by atoms with Crippen LogP contribution in [0.4, 0.5) is 0 Å². The van der Waals surface area contributed by atoms with E-state index in [0.29, 0.717) is 18.6 Å². The van der Waals surface area contributed by atoms with Crippen molar-refractivity contribution in [2.24, 2.45) is 0 Å². The van der Waals surface area contributed by atoms with Crippen LogP contribution in [-0.4, -0.2) is 22.7 Å². The van der Waals surface area contributed by atoms with Crippen LogP contribution in [0.25, 0.3) is 6.08 Å². The number of aromatic nitrogens is 1. The molecule has 0 fully saturated rings. The number of rotatable bonds is 4. The molecule has 0 saturated heterocycles. The van der Waals surface area contributed by atoms with Gasteiger partial charge in [-0.05, 0) is 35.4 Å². The normalized spacial score (nSPS) is 12.7. The molecule has 1 aliphatic carbocycles. The van der Waals surface area contributed by atoms with Crippen LogP contribution >= 0.6 is 0 Å². The maximum absolute atomic E-state index is 11.2. The molecule has 20 heavy (non-hydrogen) atoms. The SMILES string of the molecule is O=C(O)c1ccnc2c1CC(COc1ccccc1)=C2. The molecule has 1 aromatic carbocycles. The Bertz CT molecular complexity index is 677. The van der Waals surface area contributed by atoms with Gasteiger partial charge in [-0.15, -0.1) is 0 Å². The highest BCUT2D eigenvalue weighted by atomic mass is 16.5. The lowest BCUT2D eigenvalue weighted by atomic mass is 10.1. The summed E-state index contributed by atoms with van der Waals surface area (Å²) in [5, 5.41) is 9.16. The van der Waals surface area contributed by atoms with E-state index in [-0.39, 0.29) is 0 Å². The van der Waals surface area contributed by atoms with Crippen molar-refractivity contribution in [3.63, 3.8) is 0 Å². The minimum atomic E-state index is -0.915. The fraction of sp³-hybridized carbons (Fsp3) is 0.125. The molecule has 0 bridgehead atoms. The molecule has 4 nitrogen and oxygen atoms in total. The van der Waals surface area contributed by atoms with Gasteiger partial charge in [0.1, 0.15) is 12.4 Å². The first-order valence-corrected chi connectivity index (χ1v) is 6.32. The van der Waals surface area contributed by atoms with Crippen molar-refractivity contribution in [3.8, 4) is 5.75 Å². The number of aromatic carboxylic acids is 1. The fourth-order valence-corrected chi connectivity index (χ4v) is 2.28. The van der Waals surface area contributed by atoms with Gasteiger partial charge in [-0.1, -0.05) is 18.2 Å². The summed E-state index contributed by atoms with van der Waals surface area (Å²) in [6.45, 7) is 0.444. The lowest BCUT2D eigenvalue weighted by Crippen LogP contribution is -2.05. The van der Waals surface area contributed by atoms with Crippen molar-refractivity contribution in [2.75, 3.05) is 6.61 Å². The van der Waals surface area contributed by atoms with Gasteiger partial charge in [0.15, 0.2) is 0 Å². The molecule has 4 heteroatoms. The van der Waals surface area contributed by atoms with Gasteiger partial charge in [0, 0.05) is 12.6 Å². The van der Waals surface area contributed by atoms with Crippen molar-refractivity contribution in [1.29, 1.82) is 0 Å². The highest BCUT2D eigenvalue weighted by molar-refractivity contribution is 5.91. The molecule has 1 N–H and O–H groups in total. The van der Waals surface area contributed by atoms with E-state index >= 15 is 0 Å². The molecular weight excluding hydrogens is 254 g/mol. The number of pyridine rings is 1. The van der Waals surface area contributed by atoms with E-state index in [1.807, 2.05) is 36.4 Å². The maximum atomic E-state index is 11.2. The number of para-hydroxylation sites is 1. The largest absolute Gasteiger partial charge is 0.489 e. The van der Waals surface area contributed by atoms with Crippen LogP contribution in [0.5, 0.6) is 5.75 Å². The highest BCUT2D eigenvalue weighted by Crippen LogP contribution is 2.26. The first-order chi connectivity index (χ1) is 9.74. The number of fused-ring (bicyclic) bond motifs is 1. The summed E-state index contributed by atoms with van der Waals surface area (Å²) < 4.78 is 5.68. The number of ether oxygens (including phenoxy) is 1. The van der Waals surface area contributed by atoms with Crippen LogP contribution in [0.1, 0.15) is 21.6 Å². The lowest BCUT2D eigenvalue weighted by Gasteiger charge is -2.07. The second-order valence-electron chi connectivity index (χ2n) is 4.61. The van der Waals surface area contributed by atoms with E-state index in [4.69, 9.17) is 9.84 Å². The minimum Gasteiger partial charge on any atom is -0.489 e. The molecule has 2 aromatic rings. The van der Waals surface area contributed by atoms with E-state index < -0.39 is 5.97 Å². The number of carbonyl (C=O) groups is 1. The van der Waals surface area contributed by atoms with Gasteiger partial charge in [-0.25, -0.2) is 4.79 Å². The van der Waals surface area contributed by atoms with E-state index in [0.717, 1.165) is 22.6 Å². The summed E-state index contributed by atoms with van der Waals surface area (Å²) in [6, 6.07) is 11.1. The van der Waals surface area contributed by atoms with Gasteiger partial charge in [0.2, 0.25) is 0 Å². The van der Waals surface area contributed by atoms with Gasteiger partial charge in [0.25, 0.3) is 0 Å². The van der Waals surface area contributed by atoms with Gasteiger partial charge in [-0.3, -0.25) is 4.98 Å². The van der Waals surface area contributed by atoms with E-state index in [2.05, 4.69) is 4.98 Å². The van der Waals surface area contributed by atoms with Gasteiger partial charge in [0.05, 0.1) is 11.3 Å². The molecule has 0 radical (unpaired) electrons. The molecule has 0 aliphatic heterocycles. The molecule has 1 heterocycles. The van der Waals surface area contributed by atoms with Crippen LogP contribution in [0, 0.1) is 0 Å². The smallest absolute Gasteiger partial charge is 0.336 e. The Morgan fingerprint density at radius 1 is 1.25 bits per heavy atom. The summed E-state index contributed by atoms with van der Waals surface area (Å²) in [5.41, 5.74) is 2.86. The topological polar surface area (TPSA) is 59.4 Å². The number of carboxylic acid groups (broad SMARTS) is 1. The van der Waals surface area contributed by atoms with Crippen LogP contribution < -0.4 is 4.74 Å². The molecule has 0 spiro atoms. The Morgan fingerprint density at radius 2 is 2.05 bits per heavy atom. The Balaban J connectivity index is 1.73. The molecule has 1 aliphatic rings. The molecule has 0 unspecified atom stereocenters. The van der Waals surface area contributed by atoms with Gasteiger partial charge in [-0.2, -0.15) is 0 Å². The quantitative estimate of drug-likeness (QED) is 0.925. The maximum Gasteiger partial charge on any atom is 0.336 e. The van der Waals surface area contributed by atoms with Crippen molar-refractivity contribution < 1.29 is 14.6 Å². The third-order valence-corrected chi connectivity index (χ3v) is 3.23. The van der Waals surface area contributed by atoms with Crippen LogP contribution in [0.3, 0.4) is 0 Å². The van der Waals surface area contributed by atoms with E-state index in [1.165, 1.54) is 12.3 Å². The molecule has 3 rings (SSSR count). The molecule has 1 aromatic heterocycles. The highest BCUT2D eigenvalue weighted by Gasteiger charge is 2.20. The summed E-state index contributed by atoms with van der Waals surface area (Å²) in [6.07, 6.45) is 4.02. The number of hydrogen-bond acceptors (Lipinski definition) is 3.